The van der Waals surface area contributed by atoms with E-state index in [1.807, 2.05) is 30.3 Å². The first-order valence-electron chi connectivity index (χ1n) is 8.56. The van der Waals surface area contributed by atoms with E-state index in [1.165, 1.54) is 0 Å². The van der Waals surface area contributed by atoms with Crippen molar-refractivity contribution in [1.82, 2.24) is 4.72 Å². The van der Waals surface area contributed by atoms with Crippen LogP contribution in [-0.2, 0) is 20.3 Å². The number of benzene rings is 1. The number of nitrogens with one attached hydrogen (secondary N) is 1. The highest BCUT2D eigenvalue weighted by Gasteiger charge is 2.45. The lowest BCUT2D eigenvalue weighted by Gasteiger charge is -2.42. The van der Waals surface area contributed by atoms with Crippen molar-refractivity contribution in [1.29, 1.82) is 0 Å². The fraction of sp³-hybridized carbons (Fsp3) is 0.667. The molecular weight excluding hydrogens is 310 g/mol. The first-order valence-corrected chi connectivity index (χ1v) is 10.2. The molecule has 0 bridgehead atoms. The Morgan fingerprint density at radius 3 is 2.22 bits per heavy atom. The zero-order chi connectivity index (χ0) is 16.4. The van der Waals surface area contributed by atoms with Gasteiger partial charge in [-0.15, -0.1) is 0 Å². The Bertz CT molecular complexity index is 617. The van der Waals surface area contributed by atoms with Gasteiger partial charge in [0.1, 0.15) is 0 Å². The Morgan fingerprint density at radius 2 is 1.70 bits per heavy atom. The van der Waals surface area contributed by atoms with Crippen molar-refractivity contribution in [3.05, 3.63) is 35.9 Å². The standard InChI is InChI=1S/C18H27NO3S/c1-22-14-17(10-7-11-17)15-23(20,21)19-18(12-5-6-13-18)16-8-3-2-4-9-16/h2-4,8-9,19H,5-7,10-15H2,1H3. The maximum Gasteiger partial charge on any atom is 0.213 e. The molecule has 0 spiro atoms. The molecular formula is C18H27NO3S. The average Bonchev–Trinajstić information content (AvgIpc) is 2.95. The van der Waals surface area contributed by atoms with Crippen LogP contribution in [0.5, 0.6) is 0 Å². The Labute approximate surface area is 139 Å². The lowest BCUT2D eigenvalue weighted by molar-refractivity contribution is 0.0354. The second kappa shape index (κ2) is 6.54. The minimum absolute atomic E-state index is 0.183. The number of rotatable bonds is 7. The van der Waals surface area contributed by atoms with Gasteiger partial charge in [-0.3, -0.25) is 0 Å². The fourth-order valence-electron chi connectivity index (χ4n) is 4.24. The van der Waals surface area contributed by atoms with Gasteiger partial charge in [-0.25, -0.2) is 13.1 Å². The highest BCUT2D eigenvalue weighted by molar-refractivity contribution is 7.89. The molecule has 1 N–H and O–H groups in total. The van der Waals surface area contributed by atoms with E-state index in [1.54, 1.807) is 7.11 Å². The van der Waals surface area contributed by atoms with Crippen LogP contribution in [0.2, 0.25) is 0 Å². The second-order valence-electron chi connectivity index (χ2n) is 7.30. The molecule has 0 saturated heterocycles. The molecule has 2 saturated carbocycles. The monoisotopic (exact) mass is 337 g/mol. The molecule has 1 aromatic carbocycles. The van der Waals surface area contributed by atoms with Crippen LogP contribution in [0.4, 0.5) is 0 Å². The smallest absolute Gasteiger partial charge is 0.213 e. The zero-order valence-corrected chi connectivity index (χ0v) is 14.7. The quantitative estimate of drug-likeness (QED) is 0.831. The number of methoxy groups -OCH3 is 1. The molecule has 1 aromatic rings. The lowest BCUT2D eigenvalue weighted by Crippen LogP contribution is -2.50. The summed E-state index contributed by atoms with van der Waals surface area (Å²) in [5.41, 5.74) is 0.491. The predicted octanol–water partition coefficient (Wildman–Crippen LogP) is 3.19. The summed E-state index contributed by atoms with van der Waals surface area (Å²) in [6.07, 6.45) is 6.89. The molecule has 2 aliphatic carbocycles. The summed E-state index contributed by atoms with van der Waals surface area (Å²) in [6, 6.07) is 10.0. The largest absolute Gasteiger partial charge is 0.384 e. The van der Waals surface area contributed by atoms with Crippen molar-refractivity contribution in [3.8, 4) is 0 Å². The molecule has 0 unspecified atom stereocenters. The highest BCUT2D eigenvalue weighted by atomic mass is 32.2. The summed E-state index contributed by atoms with van der Waals surface area (Å²) < 4.78 is 34.1. The van der Waals surface area contributed by atoms with E-state index in [-0.39, 0.29) is 11.2 Å². The van der Waals surface area contributed by atoms with E-state index in [4.69, 9.17) is 4.74 Å². The molecule has 23 heavy (non-hydrogen) atoms. The van der Waals surface area contributed by atoms with Gasteiger partial charge in [0.05, 0.1) is 17.9 Å². The minimum Gasteiger partial charge on any atom is -0.384 e. The summed E-state index contributed by atoms with van der Waals surface area (Å²) in [5, 5.41) is 0. The molecule has 0 amide bonds. The third-order valence-electron chi connectivity index (χ3n) is 5.50. The van der Waals surface area contributed by atoms with Gasteiger partial charge in [0.15, 0.2) is 0 Å². The van der Waals surface area contributed by atoms with Gasteiger partial charge in [0.2, 0.25) is 10.0 Å². The van der Waals surface area contributed by atoms with Gasteiger partial charge < -0.3 is 4.74 Å². The molecule has 2 aliphatic rings. The first-order chi connectivity index (χ1) is 11.0. The molecule has 2 fully saturated rings. The van der Waals surface area contributed by atoms with Crippen LogP contribution in [-0.4, -0.2) is 27.9 Å². The lowest BCUT2D eigenvalue weighted by atomic mass is 9.71. The van der Waals surface area contributed by atoms with Crippen molar-refractivity contribution in [3.63, 3.8) is 0 Å². The highest BCUT2D eigenvalue weighted by Crippen LogP contribution is 2.44. The van der Waals surface area contributed by atoms with E-state index in [2.05, 4.69) is 4.72 Å². The van der Waals surface area contributed by atoms with Crippen molar-refractivity contribution in [2.75, 3.05) is 19.5 Å². The number of ether oxygens (including phenoxy) is 1. The van der Waals surface area contributed by atoms with Gasteiger partial charge in [-0.1, -0.05) is 49.6 Å². The maximum atomic E-state index is 12.9. The zero-order valence-electron chi connectivity index (χ0n) is 13.9. The Morgan fingerprint density at radius 1 is 1.04 bits per heavy atom. The van der Waals surface area contributed by atoms with Crippen molar-refractivity contribution >= 4 is 10.0 Å². The van der Waals surface area contributed by atoms with Crippen molar-refractivity contribution < 1.29 is 13.2 Å². The molecule has 0 atom stereocenters. The van der Waals surface area contributed by atoms with Gasteiger partial charge in [0.25, 0.3) is 0 Å². The summed E-state index contributed by atoms with van der Waals surface area (Å²) in [7, 11) is -1.69. The van der Waals surface area contributed by atoms with Gasteiger partial charge in [-0.05, 0) is 31.2 Å². The number of hydrogen-bond donors (Lipinski definition) is 1. The van der Waals surface area contributed by atoms with E-state index in [9.17, 15) is 8.42 Å². The maximum absolute atomic E-state index is 12.9. The summed E-state index contributed by atoms with van der Waals surface area (Å²) in [6.45, 7) is 0.534. The van der Waals surface area contributed by atoms with Crippen LogP contribution in [0.3, 0.4) is 0 Å². The normalized spacial score (nSPS) is 22.7. The van der Waals surface area contributed by atoms with Crippen LogP contribution in [0, 0.1) is 5.41 Å². The van der Waals surface area contributed by atoms with E-state index in [0.717, 1.165) is 50.5 Å². The molecule has 4 nitrogen and oxygen atoms in total. The van der Waals surface area contributed by atoms with Gasteiger partial charge >= 0.3 is 0 Å². The van der Waals surface area contributed by atoms with Gasteiger partial charge in [-0.2, -0.15) is 0 Å². The Hall–Kier alpha value is -0.910. The van der Waals surface area contributed by atoms with Crippen LogP contribution < -0.4 is 4.72 Å². The summed E-state index contributed by atoms with van der Waals surface area (Å²) in [4.78, 5) is 0. The third-order valence-corrected chi connectivity index (χ3v) is 7.19. The molecule has 0 heterocycles. The molecule has 3 rings (SSSR count). The van der Waals surface area contributed by atoms with Crippen LogP contribution >= 0.6 is 0 Å². The van der Waals surface area contributed by atoms with Crippen LogP contribution in [0.1, 0.15) is 50.5 Å². The summed E-state index contributed by atoms with van der Waals surface area (Å²) >= 11 is 0. The molecule has 0 radical (unpaired) electrons. The predicted molar refractivity (Wildman–Crippen MR) is 91.7 cm³/mol. The van der Waals surface area contributed by atoms with Crippen LogP contribution in [0.15, 0.2) is 30.3 Å². The fourth-order valence-corrected chi connectivity index (χ4v) is 6.40. The Balaban J connectivity index is 1.80. The molecule has 0 aromatic heterocycles. The van der Waals surface area contributed by atoms with Gasteiger partial charge in [0, 0.05) is 12.5 Å². The Kier molecular flexibility index (Phi) is 4.81. The van der Waals surface area contributed by atoms with Crippen molar-refractivity contribution in [2.45, 2.75) is 50.5 Å². The second-order valence-corrected chi connectivity index (χ2v) is 9.03. The molecule has 128 valence electrons. The summed E-state index contributed by atoms with van der Waals surface area (Å²) in [5.74, 6) is 0.183. The van der Waals surface area contributed by atoms with E-state index in [0.29, 0.717) is 6.61 Å². The topological polar surface area (TPSA) is 55.4 Å². The SMILES string of the molecule is COCC1(CS(=O)(=O)NC2(c3ccccc3)CCCC2)CCC1. The minimum atomic E-state index is -3.34. The van der Waals surface area contributed by atoms with Crippen molar-refractivity contribution in [2.24, 2.45) is 5.41 Å². The average molecular weight is 337 g/mol. The third kappa shape index (κ3) is 3.62. The molecule has 0 aliphatic heterocycles. The van der Waals surface area contributed by atoms with Crippen LogP contribution in [0.25, 0.3) is 0 Å². The first kappa shape index (κ1) is 16.9. The number of hydrogen-bond acceptors (Lipinski definition) is 3. The van der Waals surface area contributed by atoms with E-state index >= 15 is 0 Å². The number of sulfonamides is 1. The van der Waals surface area contributed by atoms with E-state index < -0.39 is 15.6 Å². The molecule has 5 heteroatoms.